The van der Waals surface area contributed by atoms with Crippen LogP contribution >= 0.6 is 0 Å². The van der Waals surface area contributed by atoms with Crippen LogP contribution < -0.4 is 11.4 Å². The first-order chi connectivity index (χ1) is 11.7. The van der Waals surface area contributed by atoms with Crippen LogP contribution in [-0.2, 0) is 4.74 Å². The van der Waals surface area contributed by atoms with Gasteiger partial charge in [-0.25, -0.2) is 23.5 Å². The van der Waals surface area contributed by atoms with Gasteiger partial charge in [-0.05, 0) is 35.8 Å². The Morgan fingerprint density at radius 3 is 2.04 bits per heavy atom. The van der Waals surface area contributed by atoms with Crippen LogP contribution in [0.2, 0.25) is 0 Å². The van der Waals surface area contributed by atoms with Gasteiger partial charge in [0.2, 0.25) is 0 Å². The fraction of sp³-hybridized carbons (Fsp3) is 0.556. The SMILES string of the molecule is O=c1n(-c2ccccc2)c(=O)n2n1[C@H]1[C@H]3C4C5[C@]16COC[C@]56[C@@H]2[C@@H]43. The van der Waals surface area contributed by atoms with E-state index < -0.39 is 0 Å². The smallest absolute Gasteiger partial charge is 0.352 e. The van der Waals surface area contributed by atoms with Gasteiger partial charge in [-0.15, -0.1) is 0 Å². The maximum atomic E-state index is 13.2. The first-order valence-corrected chi connectivity index (χ1v) is 8.84. The molecule has 9 rings (SSSR count). The van der Waals surface area contributed by atoms with Gasteiger partial charge in [0.1, 0.15) is 0 Å². The van der Waals surface area contributed by atoms with Crippen molar-refractivity contribution < 1.29 is 4.74 Å². The molecular formula is C18H15N3O3. The minimum absolute atomic E-state index is 0.160. The maximum absolute atomic E-state index is 13.2. The average Bonchev–Trinajstić information content (AvgIpc) is 3.19. The zero-order valence-electron chi connectivity index (χ0n) is 12.8. The lowest BCUT2D eigenvalue weighted by molar-refractivity contribution is 0.0280. The molecule has 5 fully saturated rings. The van der Waals surface area contributed by atoms with E-state index in [1.54, 1.807) is 0 Å². The van der Waals surface area contributed by atoms with E-state index in [4.69, 9.17) is 4.74 Å². The van der Waals surface area contributed by atoms with Gasteiger partial charge in [0, 0.05) is 10.8 Å². The van der Waals surface area contributed by atoms with E-state index >= 15 is 0 Å². The third-order valence-corrected chi connectivity index (χ3v) is 8.49. The molecule has 4 aliphatic carbocycles. The summed E-state index contributed by atoms with van der Waals surface area (Å²) in [6, 6.07) is 9.70. The van der Waals surface area contributed by atoms with E-state index in [1.165, 1.54) is 4.57 Å². The Bertz CT molecular complexity index is 1030. The van der Waals surface area contributed by atoms with Gasteiger partial charge in [0.15, 0.2) is 0 Å². The minimum atomic E-state index is -0.160. The van der Waals surface area contributed by atoms with Crippen LogP contribution in [0, 0.1) is 34.5 Å². The summed E-state index contributed by atoms with van der Waals surface area (Å²) in [4.78, 5) is 26.4. The molecule has 6 nitrogen and oxygen atoms in total. The summed E-state index contributed by atoms with van der Waals surface area (Å²) < 4.78 is 10.9. The first-order valence-electron chi connectivity index (χ1n) is 8.84. The average molecular weight is 321 g/mol. The van der Waals surface area contributed by atoms with Crippen LogP contribution in [0.3, 0.4) is 0 Å². The van der Waals surface area contributed by atoms with E-state index in [0.717, 1.165) is 19.1 Å². The maximum Gasteiger partial charge on any atom is 0.352 e. The third-order valence-electron chi connectivity index (χ3n) is 8.49. The molecule has 4 heterocycles. The predicted molar refractivity (Wildman–Crippen MR) is 82.0 cm³/mol. The second-order valence-corrected chi connectivity index (χ2v) is 8.60. The highest BCUT2D eigenvalue weighted by Gasteiger charge is 3.04. The van der Waals surface area contributed by atoms with Crippen molar-refractivity contribution in [3.63, 3.8) is 0 Å². The summed E-state index contributed by atoms with van der Waals surface area (Å²) in [6.45, 7) is 1.57. The lowest BCUT2D eigenvalue weighted by Crippen LogP contribution is -2.52. The largest absolute Gasteiger partial charge is 0.380 e. The lowest BCUT2D eigenvalue weighted by Gasteiger charge is -2.44. The minimum Gasteiger partial charge on any atom is -0.380 e. The molecule has 6 heteroatoms. The Morgan fingerprint density at radius 1 is 0.875 bits per heavy atom. The first kappa shape index (κ1) is 11.5. The zero-order chi connectivity index (χ0) is 15.6. The second-order valence-electron chi connectivity index (χ2n) is 8.60. The molecule has 4 saturated carbocycles. The van der Waals surface area contributed by atoms with Gasteiger partial charge < -0.3 is 4.74 Å². The summed E-state index contributed by atoms with van der Waals surface area (Å²) in [6.07, 6.45) is 0. The van der Waals surface area contributed by atoms with Crippen molar-refractivity contribution in [2.45, 2.75) is 12.1 Å². The van der Waals surface area contributed by atoms with Crippen LogP contribution in [0.4, 0.5) is 0 Å². The van der Waals surface area contributed by atoms with Crippen molar-refractivity contribution in [1.82, 2.24) is 13.9 Å². The summed E-state index contributed by atoms with van der Waals surface area (Å²) in [7, 11) is 0. The molecule has 0 amide bonds. The van der Waals surface area contributed by atoms with E-state index in [2.05, 4.69) is 0 Å². The number of hydrogen-bond acceptors (Lipinski definition) is 3. The summed E-state index contributed by atoms with van der Waals surface area (Å²) in [5, 5.41) is 0. The number of aromatic nitrogens is 3. The summed E-state index contributed by atoms with van der Waals surface area (Å²) in [5.41, 5.74) is 0.690. The highest BCUT2D eigenvalue weighted by Crippen LogP contribution is 3.03. The second kappa shape index (κ2) is 2.86. The Hall–Kier alpha value is -2.08. The van der Waals surface area contributed by atoms with Crippen LogP contribution in [0.25, 0.3) is 5.69 Å². The number of rotatable bonds is 1. The van der Waals surface area contributed by atoms with Gasteiger partial charge in [0.25, 0.3) is 0 Å². The molecule has 2 spiro atoms. The molecule has 0 N–H and O–H groups in total. The lowest BCUT2D eigenvalue weighted by atomic mass is 9.73. The van der Waals surface area contributed by atoms with Crippen LogP contribution in [0.15, 0.2) is 39.9 Å². The standard InChI is InChI=1S/C18H15N3O3/c22-15-19(8-4-2-1-3-5-8)16(23)21-14-11-9-10(11)13(20(15)21)17-6-24-7-18(14,17)12(9)17/h1-5,9-14H,6-7H2/t9?,10-,11-,12?,13-,14-,17+,18+/m0/s1. The topological polar surface area (TPSA) is 58.2 Å². The molecular weight excluding hydrogens is 306 g/mol. The zero-order valence-corrected chi connectivity index (χ0v) is 12.8. The molecule has 2 bridgehead atoms. The summed E-state index contributed by atoms with van der Waals surface area (Å²) >= 11 is 0. The van der Waals surface area contributed by atoms with Gasteiger partial charge >= 0.3 is 11.4 Å². The summed E-state index contributed by atoms with van der Waals surface area (Å²) in [5.74, 6) is 2.69. The number of nitrogens with zero attached hydrogens (tertiary/aromatic N) is 3. The molecule has 6 atom stereocenters. The Balaban J connectivity index is 1.49. The molecule has 1 saturated heterocycles. The van der Waals surface area contributed by atoms with E-state index in [1.807, 2.05) is 39.7 Å². The van der Waals surface area contributed by atoms with Crippen molar-refractivity contribution in [1.29, 1.82) is 0 Å². The van der Waals surface area contributed by atoms with Gasteiger partial charge in [-0.3, -0.25) is 0 Å². The van der Waals surface area contributed by atoms with Crippen molar-refractivity contribution in [3.8, 4) is 5.69 Å². The highest BCUT2D eigenvalue weighted by molar-refractivity contribution is 5.50. The van der Waals surface area contributed by atoms with Crippen molar-refractivity contribution >= 4 is 0 Å². The molecule has 0 unspecified atom stereocenters. The molecule has 0 radical (unpaired) electrons. The Labute approximate surface area is 136 Å². The normalized spacial score (nSPS) is 52.3. The third kappa shape index (κ3) is 0.729. The molecule has 2 aromatic rings. The van der Waals surface area contributed by atoms with Crippen molar-refractivity contribution in [2.24, 2.45) is 34.5 Å². The molecule has 1 aromatic carbocycles. The van der Waals surface area contributed by atoms with Crippen molar-refractivity contribution in [2.75, 3.05) is 13.2 Å². The molecule has 120 valence electrons. The number of benzene rings is 1. The monoisotopic (exact) mass is 321 g/mol. The van der Waals surface area contributed by atoms with Gasteiger partial charge in [-0.1, -0.05) is 18.2 Å². The molecule has 3 aliphatic heterocycles. The molecule has 7 aliphatic rings. The van der Waals surface area contributed by atoms with Gasteiger partial charge in [0.05, 0.1) is 31.0 Å². The highest BCUT2D eigenvalue weighted by atomic mass is 16.5. The fourth-order valence-electron chi connectivity index (χ4n) is 8.19. The number of ether oxygens (including phenoxy) is 1. The number of hydrogen-bond donors (Lipinski definition) is 0. The van der Waals surface area contributed by atoms with Crippen LogP contribution in [0.5, 0.6) is 0 Å². The van der Waals surface area contributed by atoms with E-state index in [9.17, 15) is 9.59 Å². The van der Waals surface area contributed by atoms with E-state index in [-0.39, 0.29) is 34.3 Å². The fourth-order valence-corrected chi connectivity index (χ4v) is 8.19. The molecule has 1 aromatic heterocycles. The Morgan fingerprint density at radius 2 is 1.46 bits per heavy atom. The van der Waals surface area contributed by atoms with Gasteiger partial charge in [-0.2, -0.15) is 0 Å². The van der Waals surface area contributed by atoms with Crippen LogP contribution in [0.1, 0.15) is 12.1 Å². The molecule has 24 heavy (non-hydrogen) atoms. The quantitative estimate of drug-likeness (QED) is 0.765. The van der Waals surface area contributed by atoms with Crippen LogP contribution in [-0.4, -0.2) is 27.1 Å². The predicted octanol–water partition coefficient (Wildman–Crippen LogP) is 0.419. The van der Waals surface area contributed by atoms with E-state index in [0.29, 0.717) is 23.4 Å². The van der Waals surface area contributed by atoms with Crippen molar-refractivity contribution in [3.05, 3.63) is 51.3 Å². The Kier molecular flexibility index (Phi) is 1.36. The number of para-hydroxylation sites is 1.